The monoisotopic (exact) mass is 347 g/mol. The molecule has 1 aromatic heterocycles. The van der Waals surface area contributed by atoms with E-state index in [9.17, 15) is 4.79 Å². The Kier molecular flexibility index (Phi) is 5.42. The van der Waals surface area contributed by atoms with Crippen molar-refractivity contribution in [3.63, 3.8) is 0 Å². The van der Waals surface area contributed by atoms with Gasteiger partial charge in [0.15, 0.2) is 5.60 Å². The fourth-order valence-corrected chi connectivity index (χ4v) is 3.53. The number of hydrogen-bond acceptors (Lipinski definition) is 5. The van der Waals surface area contributed by atoms with Crippen molar-refractivity contribution in [3.05, 3.63) is 18.0 Å². The minimum Gasteiger partial charge on any atom is -0.387 e. The van der Waals surface area contributed by atoms with Gasteiger partial charge >= 0.3 is 0 Å². The third-order valence-corrected chi connectivity index (χ3v) is 4.85. The predicted molar refractivity (Wildman–Crippen MR) is 96.3 cm³/mol. The second-order valence-electron chi connectivity index (χ2n) is 7.48. The summed E-state index contributed by atoms with van der Waals surface area (Å²) in [6.45, 7) is 9.66. The predicted octanol–water partition coefficient (Wildman–Crippen LogP) is 2.10. The number of likely N-dealkylation sites (tertiary alicyclic amines) is 1. The molecule has 1 saturated heterocycles. The van der Waals surface area contributed by atoms with Crippen molar-refractivity contribution in [1.29, 1.82) is 0 Å². The van der Waals surface area contributed by atoms with Crippen molar-refractivity contribution in [2.24, 2.45) is 5.16 Å². The van der Waals surface area contributed by atoms with Crippen LogP contribution in [-0.2, 0) is 16.2 Å². The van der Waals surface area contributed by atoms with Gasteiger partial charge in [-0.3, -0.25) is 14.4 Å². The van der Waals surface area contributed by atoms with E-state index in [0.29, 0.717) is 24.7 Å². The van der Waals surface area contributed by atoms with Crippen LogP contribution in [0.4, 0.5) is 0 Å². The van der Waals surface area contributed by atoms with Gasteiger partial charge in [-0.15, -0.1) is 0 Å². The lowest BCUT2D eigenvalue weighted by Gasteiger charge is -2.38. The van der Waals surface area contributed by atoms with E-state index in [-0.39, 0.29) is 11.5 Å². The molecule has 1 amide bonds. The summed E-state index contributed by atoms with van der Waals surface area (Å²) in [5.41, 5.74) is 1.40. The highest BCUT2D eigenvalue weighted by Crippen LogP contribution is 2.34. The summed E-state index contributed by atoms with van der Waals surface area (Å²) >= 11 is 0. The summed E-state index contributed by atoms with van der Waals surface area (Å²) in [5, 5.41) is 11.4. The van der Waals surface area contributed by atoms with Crippen molar-refractivity contribution >= 4 is 11.6 Å². The van der Waals surface area contributed by atoms with Gasteiger partial charge in [0.2, 0.25) is 0 Å². The topological polar surface area (TPSA) is 71.8 Å². The van der Waals surface area contributed by atoms with Gasteiger partial charge in [0.05, 0.1) is 6.20 Å². The van der Waals surface area contributed by atoms with Gasteiger partial charge in [0.25, 0.3) is 5.91 Å². The van der Waals surface area contributed by atoms with Crippen LogP contribution in [-0.4, -0.2) is 51.5 Å². The lowest BCUT2D eigenvalue weighted by atomic mass is 9.88. The van der Waals surface area contributed by atoms with Crippen LogP contribution < -0.4 is 5.32 Å². The highest BCUT2D eigenvalue weighted by molar-refractivity contribution is 6.39. The molecule has 2 aliphatic rings. The molecule has 3 rings (SSSR count). The number of carbonyl (C=O) groups excluding carboxylic acids is 1. The molecule has 0 aromatic carbocycles. The number of rotatable bonds is 6. The summed E-state index contributed by atoms with van der Waals surface area (Å²) in [5.74, 6) is -0.0888. The van der Waals surface area contributed by atoms with Gasteiger partial charge < -0.3 is 10.2 Å². The third-order valence-electron chi connectivity index (χ3n) is 4.85. The molecule has 3 heterocycles. The quantitative estimate of drug-likeness (QED) is 0.855. The van der Waals surface area contributed by atoms with Crippen LogP contribution in [0.5, 0.6) is 0 Å². The molecule has 0 saturated carbocycles. The largest absolute Gasteiger partial charge is 0.387 e. The molecule has 0 radical (unpaired) electrons. The Labute approximate surface area is 149 Å². The maximum atomic E-state index is 12.1. The highest BCUT2D eigenvalue weighted by atomic mass is 16.7. The molecule has 138 valence electrons. The summed E-state index contributed by atoms with van der Waals surface area (Å²) in [6, 6.07) is 0.372. The number of aromatic nitrogens is 2. The van der Waals surface area contributed by atoms with E-state index in [0.717, 1.165) is 38.9 Å². The van der Waals surface area contributed by atoms with E-state index in [1.807, 2.05) is 17.8 Å². The van der Waals surface area contributed by atoms with E-state index in [1.54, 1.807) is 0 Å². The SMILES string of the molecule is CCCNC(=O)C1=NO[C@@]2(CCCN(Cc3cnn(C(C)C)c3)C2)C1. The number of hydrogen-bond donors (Lipinski definition) is 1. The molecule has 1 atom stereocenters. The number of amides is 1. The molecule has 2 aliphatic heterocycles. The van der Waals surface area contributed by atoms with E-state index in [4.69, 9.17) is 4.84 Å². The van der Waals surface area contributed by atoms with Gasteiger partial charge in [0, 0.05) is 43.9 Å². The van der Waals surface area contributed by atoms with Crippen molar-refractivity contribution in [1.82, 2.24) is 20.0 Å². The second kappa shape index (κ2) is 7.56. The first-order valence-corrected chi connectivity index (χ1v) is 9.30. The normalized spacial score (nSPS) is 23.8. The molecule has 0 unspecified atom stereocenters. The summed E-state index contributed by atoms with van der Waals surface area (Å²) in [7, 11) is 0. The van der Waals surface area contributed by atoms with E-state index < -0.39 is 0 Å². The molecular weight excluding hydrogens is 318 g/mol. The summed E-state index contributed by atoms with van der Waals surface area (Å²) in [4.78, 5) is 20.3. The van der Waals surface area contributed by atoms with E-state index >= 15 is 0 Å². The Bertz CT molecular complexity index is 639. The first-order valence-electron chi connectivity index (χ1n) is 9.30. The molecule has 25 heavy (non-hydrogen) atoms. The number of nitrogens with zero attached hydrogens (tertiary/aromatic N) is 4. The molecule has 7 heteroatoms. The molecule has 0 aliphatic carbocycles. The molecule has 0 bridgehead atoms. The second-order valence-corrected chi connectivity index (χ2v) is 7.48. The zero-order valence-electron chi connectivity index (χ0n) is 15.5. The van der Waals surface area contributed by atoms with Gasteiger partial charge in [-0.05, 0) is 39.7 Å². The van der Waals surface area contributed by atoms with Gasteiger partial charge in [0.1, 0.15) is 5.71 Å². The summed E-state index contributed by atoms with van der Waals surface area (Å²) in [6.07, 6.45) is 7.58. The standard InChI is InChI=1S/C18H29N5O2/c1-4-7-19-17(24)16-9-18(25-21-16)6-5-8-22(13-18)11-15-10-20-23(12-15)14(2)3/h10,12,14H,4-9,11,13H2,1-3H3,(H,19,24)/t18-/m0/s1. The Balaban J connectivity index is 1.57. The van der Waals surface area contributed by atoms with Crippen LogP contribution in [0, 0.1) is 0 Å². The van der Waals surface area contributed by atoms with Crippen molar-refractivity contribution in [2.45, 2.75) is 64.6 Å². The van der Waals surface area contributed by atoms with Crippen LogP contribution in [0.25, 0.3) is 0 Å². The van der Waals surface area contributed by atoms with Crippen LogP contribution in [0.1, 0.15) is 58.1 Å². The van der Waals surface area contributed by atoms with Crippen molar-refractivity contribution in [2.75, 3.05) is 19.6 Å². The highest BCUT2D eigenvalue weighted by Gasteiger charge is 2.44. The Morgan fingerprint density at radius 3 is 3.04 bits per heavy atom. The van der Waals surface area contributed by atoms with Gasteiger partial charge in [-0.2, -0.15) is 5.10 Å². The fourth-order valence-electron chi connectivity index (χ4n) is 3.53. The molecule has 1 fully saturated rings. The molecule has 1 aromatic rings. The zero-order valence-corrected chi connectivity index (χ0v) is 15.5. The Morgan fingerprint density at radius 1 is 1.48 bits per heavy atom. The maximum Gasteiger partial charge on any atom is 0.269 e. The lowest BCUT2D eigenvalue weighted by Crippen LogP contribution is -2.48. The average Bonchev–Trinajstić information content (AvgIpc) is 3.21. The average molecular weight is 347 g/mol. The number of nitrogens with one attached hydrogen (secondary N) is 1. The Hall–Kier alpha value is -1.89. The number of oxime groups is 1. The van der Waals surface area contributed by atoms with Crippen LogP contribution in [0.3, 0.4) is 0 Å². The van der Waals surface area contributed by atoms with Crippen LogP contribution in [0.15, 0.2) is 17.5 Å². The van der Waals surface area contributed by atoms with Gasteiger partial charge in [-0.1, -0.05) is 12.1 Å². The number of carbonyl (C=O) groups is 1. The third kappa shape index (κ3) is 4.21. The maximum absolute atomic E-state index is 12.1. The molecule has 1 N–H and O–H groups in total. The summed E-state index contributed by atoms with van der Waals surface area (Å²) < 4.78 is 1.99. The lowest BCUT2D eigenvalue weighted by molar-refractivity contribution is -0.114. The zero-order chi connectivity index (χ0) is 17.9. The molecule has 7 nitrogen and oxygen atoms in total. The minimum atomic E-state index is -0.342. The van der Waals surface area contributed by atoms with Crippen LogP contribution >= 0.6 is 0 Å². The first kappa shape index (κ1) is 17.9. The Morgan fingerprint density at radius 2 is 2.32 bits per heavy atom. The van der Waals surface area contributed by atoms with E-state index in [2.05, 4.69) is 40.5 Å². The van der Waals surface area contributed by atoms with Crippen molar-refractivity contribution < 1.29 is 9.63 Å². The van der Waals surface area contributed by atoms with E-state index in [1.165, 1.54) is 5.56 Å². The smallest absolute Gasteiger partial charge is 0.269 e. The van der Waals surface area contributed by atoms with Gasteiger partial charge in [-0.25, -0.2) is 0 Å². The van der Waals surface area contributed by atoms with Crippen LogP contribution in [0.2, 0.25) is 0 Å². The fraction of sp³-hybridized carbons (Fsp3) is 0.722. The van der Waals surface area contributed by atoms with Crippen molar-refractivity contribution in [3.8, 4) is 0 Å². The first-order chi connectivity index (χ1) is 12.0. The molecular formula is C18H29N5O2. The molecule has 1 spiro atoms. The minimum absolute atomic E-state index is 0.0888. The number of piperidine rings is 1.